The molecular formula is C10H8N4. The molecule has 0 unspecified atom stereocenters. The van der Waals surface area contributed by atoms with Crippen molar-refractivity contribution in [3.8, 4) is 12.1 Å². The van der Waals surface area contributed by atoms with E-state index in [9.17, 15) is 0 Å². The number of hydrogen-bond donors (Lipinski definition) is 1. The van der Waals surface area contributed by atoms with E-state index in [0.29, 0.717) is 11.5 Å². The topological polar surface area (TPSA) is 72.5 Å². The minimum atomic E-state index is 0.0654. The first kappa shape index (κ1) is 9.76. The smallest absolute Gasteiger partial charge is 0.148 e. The zero-order valence-electron chi connectivity index (χ0n) is 7.65. The summed E-state index contributed by atoms with van der Waals surface area (Å²) in [6.07, 6.45) is 1.63. The first-order chi connectivity index (χ1) is 6.77. The highest BCUT2D eigenvalue weighted by Gasteiger charge is 2.00. The van der Waals surface area contributed by atoms with E-state index >= 15 is 0 Å². The average molecular weight is 184 g/mol. The van der Waals surface area contributed by atoms with Gasteiger partial charge in [0.2, 0.25) is 0 Å². The number of nitrogens with one attached hydrogen (secondary N) is 1. The van der Waals surface area contributed by atoms with Gasteiger partial charge in [0.05, 0.1) is 0 Å². The van der Waals surface area contributed by atoms with Crippen molar-refractivity contribution in [1.82, 2.24) is 4.98 Å². The van der Waals surface area contributed by atoms with Gasteiger partial charge in [-0.25, -0.2) is 4.98 Å². The van der Waals surface area contributed by atoms with Crippen LogP contribution in [0.1, 0.15) is 6.92 Å². The Balaban J connectivity index is 2.87. The van der Waals surface area contributed by atoms with E-state index in [1.165, 1.54) is 0 Å². The molecule has 0 bridgehead atoms. The number of hydrogen-bond acceptors (Lipinski definition) is 4. The fraction of sp³-hybridized carbons (Fsp3) is 0.100. The molecule has 0 atom stereocenters. The molecule has 0 aliphatic rings. The number of rotatable bonds is 2. The molecule has 0 saturated carbocycles. The molecule has 0 aliphatic heterocycles. The lowest BCUT2D eigenvalue weighted by molar-refractivity contribution is 1.24. The standard InChI is InChI=1S/C10H8N4/c1-8(9(6-11)7-12)14-10-4-2-3-5-13-10/h2-5H,1H3,(H,13,14). The summed E-state index contributed by atoms with van der Waals surface area (Å²) >= 11 is 0. The van der Waals surface area contributed by atoms with E-state index in [4.69, 9.17) is 10.5 Å². The van der Waals surface area contributed by atoms with Crippen LogP contribution in [0.25, 0.3) is 0 Å². The molecule has 1 aromatic rings. The van der Waals surface area contributed by atoms with Gasteiger partial charge in [-0.15, -0.1) is 0 Å². The first-order valence-electron chi connectivity index (χ1n) is 3.97. The Labute approximate surface area is 82.1 Å². The fourth-order valence-corrected chi connectivity index (χ4v) is 0.884. The lowest BCUT2D eigenvalue weighted by atomic mass is 10.2. The van der Waals surface area contributed by atoms with E-state index in [1.807, 2.05) is 6.07 Å². The second-order valence-electron chi connectivity index (χ2n) is 2.56. The largest absolute Gasteiger partial charge is 0.342 e. The lowest BCUT2D eigenvalue weighted by Crippen LogP contribution is -1.99. The number of aromatic nitrogens is 1. The summed E-state index contributed by atoms with van der Waals surface area (Å²) in [5.41, 5.74) is 0.573. The molecule has 1 rings (SSSR count). The second-order valence-corrected chi connectivity index (χ2v) is 2.56. The summed E-state index contributed by atoms with van der Waals surface area (Å²) < 4.78 is 0. The van der Waals surface area contributed by atoms with E-state index in [-0.39, 0.29) is 5.57 Å². The Hall–Kier alpha value is -2.33. The van der Waals surface area contributed by atoms with E-state index in [2.05, 4.69) is 10.3 Å². The Morgan fingerprint density at radius 2 is 2.07 bits per heavy atom. The van der Waals surface area contributed by atoms with Crippen LogP contribution in [0.2, 0.25) is 0 Å². The first-order valence-corrected chi connectivity index (χ1v) is 3.97. The van der Waals surface area contributed by atoms with E-state index in [1.54, 1.807) is 37.4 Å². The minimum absolute atomic E-state index is 0.0654. The quantitative estimate of drug-likeness (QED) is 0.711. The van der Waals surface area contributed by atoms with Crippen LogP contribution in [-0.4, -0.2) is 4.98 Å². The van der Waals surface area contributed by atoms with Gasteiger partial charge in [0.1, 0.15) is 23.5 Å². The van der Waals surface area contributed by atoms with Crippen LogP contribution in [0, 0.1) is 22.7 Å². The summed E-state index contributed by atoms with van der Waals surface area (Å²) in [7, 11) is 0. The van der Waals surface area contributed by atoms with Crippen molar-refractivity contribution in [2.45, 2.75) is 6.92 Å². The lowest BCUT2D eigenvalue weighted by Gasteiger charge is -2.03. The SMILES string of the molecule is CC(Nc1ccccn1)=C(C#N)C#N. The molecule has 4 nitrogen and oxygen atoms in total. The van der Waals surface area contributed by atoms with Crippen molar-refractivity contribution in [1.29, 1.82) is 10.5 Å². The number of allylic oxidation sites excluding steroid dienone is 2. The Morgan fingerprint density at radius 1 is 1.36 bits per heavy atom. The zero-order chi connectivity index (χ0) is 10.4. The maximum atomic E-state index is 8.58. The number of nitriles is 2. The monoisotopic (exact) mass is 184 g/mol. The van der Waals surface area contributed by atoms with Crippen molar-refractivity contribution in [3.05, 3.63) is 35.7 Å². The highest BCUT2D eigenvalue weighted by Crippen LogP contribution is 2.07. The van der Waals surface area contributed by atoms with Gasteiger partial charge in [-0.05, 0) is 19.1 Å². The van der Waals surface area contributed by atoms with Crippen LogP contribution in [-0.2, 0) is 0 Å². The Morgan fingerprint density at radius 3 is 2.57 bits per heavy atom. The van der Waals surface area contributed by atoms with Gasteiger partial charge in [-0.1, -0.05) is 6.07 Å². The molecule has 0 fully saturated rings. The maximum absolute atomic E-state index is 8.58. The van der Waals surface area contributed by atoms with Crippen LogP contribution >= 0.6 is 0 Å². The van der Waals surface area contributed by atoms with Crippen molar-refractivity contribution >= 4 is 5.82 Å². The summed E-state index contributed by atoms with van der Waals surface area (Å²) in [4.78, 5) is 4.01. The molecule has 0 aliphatic carbocycles. The number of pyridine rings is 1. The molecule has 14 heavy (non-hydrogen) atoms. The van der Waals surface area contributed by atoms with Crippen LogP contribution in [0.15, 0.2) is 35.7 Å². The fourth-order valence-electron chi connectivity index (χ4n) is 0.884. The van der Waals surface area contributed by atoms with Crippen LogP contribution in [0.4, 0.5) is 5.82 Å². The molecule has 0 amide bonds. The van der Waals surface area contributed by atoms with Gasteiger partial charge in [0.25, 0.3) is 0 Å². The molecule has 0 aromatic carbocycles. The molecular weight excluding hydrogens is 176 g/mol. The summed E-state index contributed by atoms with van der Waals surface area (Å²) in [5.74, 6) is 0.619. The number of nitrogens with zero attached hydrogens (tertiary/aromatic N) is 3. The van der Waals surface area contributed by atoms with Gasteiger partial charge < -0.3 is 5.32 Å². The van der Waals surface area contributed by atoms with Gasteiger partial charge in [-0.3, -0.25) is 0 Å². The Bertz CT molecular complexity index is 404. The second kappa shape index (κ2) is 4.64. The minimum Gasteiger partial charge on any atom is -0.342 e. The van der Waals surface area contributed by atoms with Gasteiger partial charge in [0.15, 0.2) is 0 Å². The van der Waals surface area contributed by atoms with Gasteiger partial charge in [0, 0.05) is 11.9 Å². The summed E-state index contributed by atoms with van der Waals surface area (Å²) in [5, 5.41) is 20.0. The zero-order valence-corrected chi connectivity index (χ0v) is 7.65. The van der Waals surface area contributed by atoms with E-state index in [0.717, 1.165) is 0 Å². The molecule has 0 radical (unpaired) electrons. The molecule has 4 heteroatoms. The Kier molecular flexibility index (Phi) is 3.23. The number of anilines is 1. The molecule has 1 heterocycles. The van der Waals surface area contributed by atoms with Crippen LogP contribution < -0.4 is 5.32 Å². The third-order valence-electron chi connectivity index (χ3n) is 1.58. The highest BCUT2D eigenvalue weighted by molar-refractivity contribution is 5.48. The predicted molar refractivity (Wildman–Crippen MR) is 51.8 cm³/mol. The van der Waals surface area contributed by atoms with Gasteiger partial charge in [-0.2, -0.15) is 10.5 Å². The summed E-state index contributed by atoms with van der Waals surface area (Å²) in [6.45, 7) is 1.66. The average Bonchev–Trinajstić information content (AvgIpc) is 2.21. The molecule has 1 N–H and O–H groups in total. The van der Waals surface area contributed by atoms with Crippen molar-refractivity contribution in [2.75, 3.05) is 5.32 Å². The molecule has 0 saturated heterocycles. The maximum Gasteiger partial charge on any atom is 0.148 e. The van der Waals surface area contributed by atoms with Crippen molar-refractivity contribution < 1.29 is 0 Å². The highest BCUT2D eigenvalue weighted by atomic mass is 15.0. The summed E-state index contributed by atoms with van der Waals surface area (Å²) in [6, 6.07) is 8.97. The predicted octanol–water partition coefficient (Wildman–Crippen LogP) is 1.81. The third kappa shape index (κ3) is 2.33. The molecule has 1 aromatic heterocycles. The molecule has 0 spiro atoms. The van der Waals surface area contributed by atoms with Crippen LogP contribution in [0.5, 0.6) is 0 Å². The van der Waals surface area contributed by atoms with E-state index < -0.39 is 0 Å². The van der Waals surface area contributed by atoms with Crippen molar-refractivity contribution in [3.63, 3.8) is 0 Å². The van der Waals surface area contributed by atoms with Crippen molar-refractivity contribution in [2.24, 2.45) is 0 Å². The third-order valence-corrected chi connectivity index (χ3v) is 1.58. The van der Waals surface area contributed by atoms with Crippen LogP contribution in [0.3, 0.4) is 0 Å². The normalized spacial score (nSPS) is 8.21. The molecule has 68 valence electrons. The van der Waals surface area contributed by atoms with Gasteiger partial charge >= 0.3 is 0 Å².